The van der Waals surface area contributed by atoms with Gasteiger partial charge in [-0.25, -0.2) is 15.0 Å². The maximum Gasteiger partial charge on any atom is 0.167 e. The SMILES string of the molecule is c1ccc2cc(-c3nc(-c4ccc5c(c4)oc4ccccc45)nc(-c4ccc(-n5c6cc7ccccc7cc6c6c7ccccc7ccc65)c5c4oc4ccccc45)n3)ccc2c1. The minimum atomic E-state index is 0.516. The highest BCUT2D eigenvalue weighted by molar-refractivity contribution is 6.24. The van der Waals surface area contributed by atoms with Crippen molar-refractivity contribution < 1.29 is 8.83 Å². The van der Waals surface area contributed by atoms with Crippen molar-refractivity contribution >= 4 is 98.0 Å². The van der Waals surface area contributed by atoms with E-state index in [4.69, 9.17) is 23.8 Å². The molecule has 0 bridgehead atoms. The van der Waals surface area contributed by atoms with Crippen molar-refractivity contribution in [2.24, 2.45) is 0 Å². The molecule has 4 aromatic heterocycles. The smallest absolute Gasteiger partial charge is 0.167 e. The summed E-state index contributed by atoms with van der Waals surface area (Å²) in [6, 6.07) is 68.1. The quantitative estimate of drug-likeness (QED) is 0.177. The van der Waals surface area contributed by atoms with Gasteiger partial charge in [0.2, 0.25) is 0 Å². The van der Waals surface area contributed by atoms with Gasteiger partial charge in [-0.05, 0) is 93.0 Å². The molecular formula is C57H32N4O2. The van der Waals surface area contributed by atoms with Gasteiger partial charge in [0.25, 0.3) is 0 Å². The minimum Gasteiger partial charge on any atom is -0.456 e. The Morgan fingerprint density at radius 3 is 1.73 bits per heavy atom. The van der Waals surface area contributed by atoms with E-state index >= 15 is 0 Å². The van der Waals surface area contributed by atoms with Crippen LogP contribution < -0.4 is 0 Å². The molecule has 0 radical (unpaired) electrons. The van der Waals surface area contributed by atoms with Crippen molar-refractivity contribution in [2.75, 3.05) is 0 Å². The molecule has 0 saturated heterocycles. The summed E-state index contributed by atoms with van der Waals surface area (Å²) < 4.78 is 15.7. The first-order valence-corrected chi connectivity index (χ1v) is 21.2. The number of para-hydroxylation sites is 2. The van der Waals surface area contributed by atoms with Gasteiger partial charge in [-0.15, -0.1) is 0 Å². The molecule has 0 atom stereocenters. The number of furan rings is 2. The Kier molecular flexibility index (Phi) is 7.02. The van der Waals surface area contributed by atoms with Crippen LogP contribution in [0.2, 0.25) is 0 Å². The van der Waals surface area contributed by atoms with Crippen LogP contribution >= 0.6 is 0 Å². The molecule has 6 nitrogen and oxygen atoms in total. The van der Waals surface area contributed by atoms with Crippen LogP contribution in [0.15, 0.2) is 203 Å². The summed E-state index contributed by atoms with van der Waals surface area (Å²) in [6.45, 7) is 0. The normalized spacial score (nSPS) is 12.1. The van der Waals surface area contributed by atoms with Gasteiger partial charge in [-0.2, -0.15) is 0 Å². The molecule has 0 fully saturated rings. The fourth-order valence-electron chi connectivity index (χ4n) is 9.85. The number of nitrogens with zero attached hydrogens (tertiary/aromatic N) is 4. The maximum atomic E-state index is 6.95. The largest absolute Gasteiger partial charge is 0.456 e. The van der Waals surface area contributed by atoms with Gasteiger partial charge < -0.3 is 13.4 Å². The van der Waals surface area contributed by atoms with Crippen molar-refractivity contribution in [1.82, 2.24) is 19.5 Å². The molecule has 6 heteroatoms. The second-order valence-electron chi connectivity index (χ2n) is 16.3. The Morgan fingerprint density at radius 2 is 0.921 bits per heavy atom. The molecule has 0 aliphatic rings. The second kappa shape index (κ2) is 12.9. The highest BCUT2D eigenvalue weighted by atomic mass is 16.3. The van der Waals surface area contributed by atoms with E-state index in [1.165, 1.54) is 32.3 Å². The van der Waals surface area contributed by atoms with E-state index in [0.29, 0.717) is 23.1 Å². The summed E-state index contributed by atoms with van der Waals surface area (Å²) in [5.74, 6) is 1.63. The summed E-state index contributed by atoms with van der Waals surface area (Å²) >= 11 is 0. The third kappa shape index (κ3) is 5.09. The molecule has 0 aliphatic heterocycles. The molecule has 14 aromatic rings. The van der Waals surface area contributed by atoms with Gasteiger partial charge >= 0.3 is 0 Å². The minimum absolute atomic E-state index is 0.516. The van der Waals surface area contributed by atoms with Gasteiger partial charge in [0.1, 0.15) is 22.3 Å². The van der Waals surface area contributed by atoms with Gasteiger partial charge in [-0.1, -0.05) is 133 Å². The van der Waals surface area contributed by atoms with Crippen LogP contribution in [-0.4, -0.2) is 19.5 Å². The first-order valence-electron chi connectivity index (χ1n) is 21.2. The van der Waals surface area contributed by atoms with Gasteiger partial charge in [0.15, 0.2) is 17.5 Å². The van der Waals surface area contributed by atoms with Crippen LogP contribution in [0.25, 0.3) is 138 Å². The molecule has 4 heterocycles. The van der Waals surface area contributed by atoms with Gasteiger partial charge in [0.05, 0.1) is 27.7 Å². The number of hydrogen-bond donors (Lipinski definition) is 0. The standard InChI is InChI=1S/C57H32N4O2/c1-2-13-35-29-38(22-21-33(35)11-1)55-58-56(39-23-25-42-41-17-7-9-19-49(41)62-51(42)32-39)60-57(59-55)44-26-28-47(53-43-18-8-10-20-50(43)63-54(44)53)61-46-27-24-34-12-5-6-16-40(34)52(46)45-30-36-14-3-4-15-37(36)31-48(45)61/h1-32H. The summed E-state index contributed by atoms with van der Waals surface area (Å²) in [5, 5.41) is 13.6. The molecular weight excluding hydrogens is 773 g/mol. The number of benzene rings is 10. The highest BCUT2D eigenvalue weighted by Crippen LogP contribution is 2.44. The van der Waals surface area contributed by atoms with Gasteiger partial charge in [-0.3, -0.25) is 0 Å². The van der Waals surface area contributed by atoms with Crippen LogP contribution in [0.1, 0.15) is 0 Å². The van der Waals surface area contributed by atoms with Crippen LogP contribution in [0.3, 0.4) is 0 Å². The van der Waals surface area contributed by atoms with Crippen molar-refractivity contribution in [3.8, 4) is 39.9 Å². The zero-order chi connectivity index (χ0) is 41.2. The molecule has 292 valence electrons. The van der Waals surface area contributed by atoms with Crippen LogP contribution in [-0.2, 0) is 0 Å². The van der Waals surface area contributed by atoms with Crippen molar-refractivity contribution in [1.29, 1.82) is 0 Å². The van der Waals surface area contributed by atoms with E-state index in [1.807, 2.05) is 36.4 Å². The lowest BCUT2D eigenvalue weighted by Gasteiger charge is -2.13. The Balaban J connectivity index is 1.05. The summed E-state index contributed by atoms with van der Waals surface area (Å²) in [4.78, 5) is 15.7. The Labute approximate surface area is 358 Å². The van der Waals surface area contributed by atoms with E-state index < -0.39 is 0 Å². The molecule has 10 aromatic carbocycles. The molecule has 0 N–H and O–H groups in total. The van der Waals surface area contributed by atoms with E-state index in [9.17, 15) is 0 Å². The average Bonchev–Trinajstić information content (AvgIpc) is 4.02. The second-order valence-corrected chi connectivity index (χ2v) is 16.3. The van der Waals surface area contributed by atoms with Crippen molar-refractivity contribution in [3.63, 3.8) is 0 Å². The maximum absolute atomic E-state index is 6.95. The first kappa shape index (κ1) is 34.1. The summed E-state index contributed by atoms with van der Waals surface area (Å²) in [6.07, 6.45) is 0. The van der Waals surface area contributed by atoms with Crippen LogP contribution in [0, 0.1) is 0 Å². The predicted molar refractivity (Wildman–Crippen MR) is 258 cm³/mol. The third-order valence-corrected chi connectivity index (χ3v) is 12.8. The lowest BCUT2D eigenvalue weighted by molar-refractivity contribution is 0.668. The van der Waals surface area contributed by atoms with E-state index in [-0.39, 0.29) is 0 Å². The molecule has 14 rings (SSSR count). The zero-order valence-electron chi connectivity index (χ0n) is 33.6. The first-order chi connectivity index (χ1) is 31.2. The summed E-state index contributed by atoms with van der Waals surface area (Å²) in [5.41, 5.74) is 8.88. The highest BCUT2D eigenvalue weighted by Gasteiger charge is 2.24. The Bertz CT molecular complexity index is 4230. The number of rotatable bonds is 4. The lowest BCUT2D eigenvalue weighted by atomic mass is 10.0. The van der Waals surface area contributed by atoms with E-state index in [0.717, 1.165) is 82.5 Å². The molecule has 0 spiro atoms. The topological polar surface area (TPSA) is 69.9 Å². The Hall–Kier alpha value is -8.61. The number of hydrogen-bond acceptors (Lipinski definition) is 5. The fraction of sp³-hybridized carbons (Fsp3) is 0. The average molecular weight is 805 g/mol. The molecule has 0 amide bonds. The monoisotopic (exact) mass is 804 g/mol. The molecule has 0 saturated carbocycles. The predicted octanol–water partition coefficient (Wildman–Crippen LogP) is 15.2. The zero-order valence-corrected chi connectivity index (χ0v) is 33.6. The number of aromatic nitrogens is 4. The third-order valence-electron chi connectivity index (χ3n) is 12.8. The molecule has 0 aliphatic carbocycles. The molecule has 0 unspecified atom stereocenters. The van der Waals surface area contributed by atoms with Gasteiger partial charge in [0, 0.05) is 38.1 Å². The van der Waals surface area contributed by atoms with Crippen molar-refractivity contribution in [2.45, 2.75) is 0 Å². The van der Waals surface area contributed by atoms with Crippen LogP contribution in [0.5, 0.6) is 0 Å². The van der Waals surface area contributed by atoms with E-state index in [2.05, 4.69) is 162 Å². The van der Waals surface area contributed by atoms with Crippen molar-refractivity contribution in [3.05, 3.63) is 194 Å². The lowest BCUT2D eigenvalue weighted by Crippen LogP contribution is -2.01. The number of fused-ring (bicyclic) bond motifs is 13. The van der Waals surface area contributed by atoms with E-state index in [1.54, 1.807) is 0 Å². The molecule has 63 heavy (non-hydrogen) atoms. The fourth-order valence-corrected chi connectivity index (χ4v) is 9.85. The summed E-state index contributed by atoms with van der Waals surface area (Å²) in [7, 11) is 0. The van der Waals surface area contributed by atoms with Crippen LogP contribution in [0.4, 0.5) is 0 Å². The Morgan fingerprint density at radius 1 is 0.333 bits per heavy atom.